The smallest absolute Gasteiger partial charge is 0.326 e. The zero-order valence-corrected chi connectivity index (χ0v) is 16.4. The van der Waals surface area contributed by atoms with Crippen molar-refractivity contribution in [2.45, 2.75) is 43.9 Å². The van der Waals surface area contributed by atoms with Crippen LogP contribution in [0.2, 0.25) is 0 Å². The molecule has 1 aromatic rings. The molecule has 148 valence electrons. The highest BCUT2D eigenvalue weighted by atomic mass is 32.2. The van der Waals surface area contributed by atoms with Gasteiger partial charge in [0.25, 0.3) is 5.91 Å². The summed E-state index contributed by atoms with van der Waals surface area (Å²) in [7, 11) is -3.63. The molecule has 2 rings (SSSR count). The maximum Gasteiger partial charge on any atom is 0.326 e. The third kappa shape index (κ3) is 4.47. The van der Waals surface area contributed by atoms with Gasteiger partial charge in [-0.05, 0) is 51.3 Å². The Labute approximate surface area is 158 Å². The summed E-state index contributed by atoms with van der Waals surface area (Å²) < 4.78 is 21.9. The fourth-order valence-corrected chi connectivity index (χ4v) is 3.16. The molecule has 1 aliphatic rings. The summed E-state index contributed by atoms with van der Waals surface area (Å²) in [4.78, 5) is 37.8. The van der Waals surface area contributed by atoms with Crippen LogP contribution in [0.1, 0.15) is 43.5 Å². The van der Waals surface area contributed by atoms with Gasteiger partial charge in [0.1, 0.15) is 10.8 Å². The fraction of sp³-hybridized carbons (Fsp3) is 0.500. The highest BCUT2D eigenvalue weighted by Gasteiger charge is 2.38. The van der Waals surface area contributed by atoms with E-state index < -0.39 is 38.4 Å². The van der Waals surface area contributed by atoms with E-state index in [0.717, 1.165) is 19.1 Å². The zero-order valence-electron chi connectivity index (χ0n) is 15.6. The van der Waals surface area contributed by atoms with Crippen LogP contribution in [-0.2, 0) is 19.4 Å². The van der Waals surface area contributed by atoms with Crippen molar-refractivity contribution in [3.63, 3.8) is 0 Å². The molecule has 0 radical (unpaired) electrons. The lowest BCUT2D eigenvalue weighted by atomic mass is 10.0. The van der Waals surface area contributed by atoms with Crippen molar-refractivity contribution in [2.24, 2.45) is 0 Å². The Morgan fingerprint density at radius 3 is 2.48 bits per heavy atom. The lowest BCUT2D eigenvalue weighted by Crippen LogP contribution is -2.48. The van der Waals surface area contributed by atoms with Crippen LogP contribution in [0.4, 0.5) is 5.69 Å². The Morgan fingerprint density at radius 1 is 1.22 bits per heavy atom. The first-order valence-electron chi connectivity index (χ1n) is 8.60. The number of carboxylic acid groups (broad SMARTS) is 1. The standard InChI is InChI=1S/C18H24N2O6S/c1-18(2,27(3,25)26)17(24)19-13-8-6-7-12(11-13)15(21)20-10-5-4-9-14(20)16(22)23/h6-8,11,14H,4-5,9-10H2,1-3H3,(H,19,24)(H,22,23). The van der Waals surface area contributed by atoms with E-state index in [-0.39, 0.29) is 11.3 Å². The topological polar surface area (TPSA) is 121 Å². The average Bonchev–Trinajstić information content (AvgIpc) is 2.60. The number of likely N-dealkylation sites (tertiary alicyclic amines) is 1. The molecule has 0 saturated carbocycles. The molecule has 2 N–H and O–H groups in total. The number of nitrogens with zero attached hydrogens (tertiary/aromatic N) is 1. The molecule has 1 atom stereocenters. The number of nitrogens with one attached hydrogen (secondary N) is 1. The molecule has 1 aromatic carbocycles. The summed E-state index contributed by atoms with van der Waals surface area (Å²) in [6.07, 6.45) is 2.86. The third-order valence-electron chi connectivity index (χ3n) is 4.89. The highest BCUT2D eigenvalue weighted by Crippen LogP contribution is 2.23. The van der Waals surface area contributed by atoms with E-state index in [1.54, 1.807) is 6.07 Å². The van der Waals surface area contributed by atoms with Gasteiger partial charge in [0.15, 0.2) is 9.84 Å². The normalized spacial score (nSPS) is 18.0. The van der Waals surface area contributed by atoms with E-state index in [0.29, 0.717) is 13.0 Å². The second-order valence-corrected chi connectivity index (χ2v) is 9.73. The summed E-state index contributed by atoms with van der Waals surface area (Å²) in [6, 6.07) is 5.18. The van der Waals surface area contributed by atoms with Crippen LogP contribution in [0.25, 0.3) is 0 Å². The number of amides is 2. The second-order valence-electron chi connectivity index (χ2n) is 7.17. The number of anilines is 1. The highest BCUT2D eigenvalue weighted by molar-refractivity contribution is 7.92. The van der Waals surface area contributed by atoms with E-state index in [4.69, 9.17) is 0 Å². The van der Waals surface area contributed by atoms with Gasteiger partial charge in [-0.25, -0.2) is 13.2 Å². The van der Waals surface area contributed by atoms with Gasteiger partial charge >= 0.3 is 5.97 Å². The van der Waals surface area contributed by atoms with E-state index >= 15 is 0 Å². The van der Waals surface area contributed by atoms with Crippen molar-refractivity contribution in [1.29, 1.82) is 0 Å². The van der Waals surface area contributed by atoms with Crippen molar-refractivity contribution >= 4 is 33.3 Å². The summed E-state index contributed by atoms with van der Waals surface area (Å²) in [5.74, 6) is -2.18. The molecule has 2 amide bonds. The number of carboxylic acids is 1. The number of piperidine rings is 1. The maximum atomic E-state index is 12.8. The molecule has 8 nitrogen and oxygen atoms in total. The number of hydrogen-bond acceptors (Lipinski definition) is 5. The fourth-order valence-electron chi connectivity index (χ4n) is 2.78. The van der Waals surface area contributed by atoms with Crippen molar-refractivity contribution < 1.29 is 27.9 Å². The quantitative estimate of drug-likeness (QED) is 0.778. The largest absolute Gasteiger partial charge is 0.480 e. The Hall–Kier alpha value is -2.42. The van der Waals surface area contributed by atoms with Gasteiger partial charge in [0.2, 0.25) is 5.91 Å². The molecule has 1 saturated heterocycles. The molecule has 1 fully saturated rings. The third-order valence-corrected chi connectivity index (χ3v) is 6.93. The molecule has 0 aromatic heterocycles. The van der Waals surface area contributed by atoms with Crippen molar-refractivity contribution in [2.75, 3.05) is 18.1 Å². The maximum absolute atomic E-state index is 12.8. The predicted octanol–water partition coefficient (Wildman–Crippen LogP) is 1.53. The predicted molar refractivity (Wildman–Crippen MR) is 100 cm³/mol. The number of benzene rings is 1. The van der Waals surface area contributed by atoms with E-state index in [9.17, 15) is 27.9 Å². The number of sulfone groups is 1. The first kappa shape index (κ1) is 20.9. The molecular formula is C18H24N2O6S. The number of aliphatic carboxylic acids is 1. The van der Waals surface area contributed by atoms with Gasteiger partial charge in [0.05, 0.1) is 0 Å². The summed E-state index contributed by atoms with van der Waals surface area (Å²) >= 11 is 0. The SMILES string of the molecule is CC(C)(C(=O)Nc1cccc(C(=O)N2CCCCC2C(=O)O)c1)S(C)(=O)=O. The number of carbonyl (C=O) groups is 3. The first-order chi connectivity index (χ1) is 12.4. The number of carbonyl (C=O) groups excluding carboxylic acids is 2. The summed E-state index contributed by atoms with van der Waals surface area (Å²) in [5.41, 5.74) is 0.504. The average molecular weight is 396 g/mol. The Bertz CT molecular complexity index is 862. The monoisotopic (exact) mass is 396 g/mol. The molecule has 0 aliphatic carbocycles. The minimum atomic E-state index is -3.63. The molecule has 1 unspecified atom stereocenters. The van der Waals surface area contributed by atoms with Gasteiger partial charge in [-0.2, -0.15) is 0 Å². The van der Waals surface area contributed by atoms with Gasteiger partial charge in [0, 0.05) is 24.1 Å². The molecular weight excluding hydrogens is 372 g/mol. The van der Waals surface area contributed by atoms with Crippen LogP contribution in [0.15, 0.2) is 24.3 Å². The second kappa shape index (κ2) is 7.67. The lowest BCUT2D eigenvalue weighted by Gasteiger charge is -2.33. The van der Waals surface area contributed by atoms with Crippen LogP contribution in [0.5, 0.6) is 0 Å². The van der Waals surface area contributed by atoms with Crippen molar-refractivity contribution in [3.05, 3.63) is 29.8 Å². The van der Waals surface area contributed by atoms with Gasteiger partial charge in [-0.15, -0.1) is 0 Å². The number of hydrogen-bond donors (Lipinski definition) is 2. The molecule has 0 bridgehead atoms. The minimum Gasteiger partial charge on any atom is -0.480 e. The van der Waals surface area contributed by atoms with Gasteiger partial charge in [-0.1, -0.05) is 6.07 Å². The van der Waals surface area contributed by atoms with Gasteiger partial charge in [-0.3, -0.25) is 9.59 Å². The van der Waals surface area contributed by atoms with Crippen molar-refractivity contribution in [1.82, 2.24) is 4.90 Å². The molecule has 1 heterocycles. The Balaban J connectivity index is 2.23. The molecule has 27 heavy (non-hydrogen) atoms. The van der Waals surface area contributed by atoms with Crippen molar-refractivity contribution in [3.8, 4) is 0 Å². The van der Waals surface area contributed by atoms with E-state index in [2.05, 4.69) is 5.32 Å². The summed E-state index contributed by atoms with van der Waals surface area (Å²) in [5, 5.41) is 11.9. The van der Waals surface area contributed by atoms with Gasteiger partial charge < -0.3 is 15.3 Å². The van der Waals surface area contributed by atoms with E-state index in [1.807, 2.05) is 0 Å². The van der Waals surface area contributed by atoms with Crippen LogP contribution >= 0.6 is 0 Å². The molecule has 0 spiro atoms. The van der Waals surface area contributed by atoms with Crippen LogP contribution in [0.3, 0.4) is 0 Å². The van der Waals surface area contributed by atoms with E-state index in [1.165, 1.54) is 36.9 Å². The summed E-state index contributed by atoms with van der Waals surface area (Å²) in [6.45, 7) is 2.96. The molecule has 9 heteroatoms. The zero-order chi connectivity index (χ0) is 20.4. The molecule has 1 aliphatic heterocycles. The minimum absolute atomic E-state index is 0.234. The van der Waals surface area contributed by atoms with Crippen LogP contribution in [-0.4, -0.2) is 59.8 Å². The Morgan fingerprint density at radius 2 is 1.89 bits per heavy atom. The van der Waals surface area contributed by atoms with Crippen LogP contribution in [0, 0.1) is 0 Å². The first-order valence-corrected chi connectivity index (χ1v) is 10.5. The number of rotatable bonds is 5. The Kier molecular flexibility index (Phi) is 5.94. The van der Waals surface area contributed by atoms with Crippen LogP contribution < -0.4 is 5.32 Å². The lowest BCUT2D eigenvalue weighted by molar-refractivity contribution is -0.143.